The molecular formula is C17H21N. The van der Waals surface area contributed by atoms with Gasteiger partial charge in [0.25, 0.3) is 0 Å². The third-order valence-corrected chi connectivity index (χ3v) is 3.64. The largest absolute Gasteiger partial charge is 0.264 e. The fraction of sp³-hybridized carbons (Fsp3) is 0.353. The van der Waals surface area contributed by atoms with Crippen LogP contribution in [0.3, 0.4) is 0 Å². The van der Waals surface area contributed by atoms with Crippen molar-refractivity contribution in [1.82, 2.24) is 4.98 Å². The lowest BCUT2D eigenvalue weighted by molar-refractivity contribution is 0.417. The maximum absolute atomic E-state index is 4.16. The molecule has 0 aliphatic carbocycles. The van der Waals surface area contributed by atoms with Crippen molar-refractivity contribution in [1.29, 1.82) is 0 Å². The highest BCUT2D eigenvalue weighted by molar-refractivity contribution is 5.62. The lowest BCUT2D eigenvalue weighted by Gasteiger charge is -2.15. The number of benzene rings is 1. The quantitative estimate of drug-likeness (QED) is 0.760. The van der Waals surface area contributed by atoms with E-state index in [1.54, 1.807) is 0 Å². The summed E-state index contributed by atoms with van der Waals surface area (Å²) in [5.41, 5.74) is 3.84. The van der Waals surface area contributed by atoms with Crippen molar-refractivity contribution in [2.75, 3.05) is 0 Å². The number of nitrogens with zero attached hydrogens (tertiary/aromatic N) is 1. The van der Waals surface area contributed by atoms with E-state index in [-0.39, 0.29) is 0 Å². The summed E-state index contributed by atoms with van der Waals surface area (Å²) in [4.78, 5) is 4.16. The van der Waals surface area contributed by atoms with E-state index in [4.69, 9.17) is 0 Å². The van der Waals surface area contributed by atoms with Gasteiger partial charge in [-0.2, -0.15) is 0 Å². The van der Waals surface area contributed by atoms with Crippen molar-refractivity contribution in [2.24, 2.45) is 11.8 Å². The Hall–Kier alpha value is -1.63. The van der Waals surface area contributed by atoms with E-state index in [0.29, 0.717) is 0 Å². The van der Waals surface area contributed by atoms with E-state index < -0.39 is 0 Å². The Balaban J connectivity index is 2.11. The molecule has 18 heavy (non-hydrogen) atoms. The number of rotatable bonds is 4. The van der Waals surface area contributed by atoms with E-state index in [0.717, 1.165) is 18.3 Å². The first kappa shape index (κ1) is 12.8. The number of pyridine rings is 1. The SMILES string of the molecule is CC(C)C(C)Cc1ccc(-c2cccnc2)cc1. The molecule has 0 bridgehead atoms. The van der Waals surface area contributed by atoms with Crippen molar-refractivity contribution in [3.05, 3.63) is 54.4 Å². The summed E-state index contributed by atoms with van der Waals surface area (Å²) in [6, 6.07) is 12.9. The fourth-order valence-electron chi connectivity index (χ4n) is 1.97. The number of aromatic nitrogens is 1. The average molecular weight is 239 g/mol. The van der Waals surface area contributed by atoms with Gasteiger partial charge in [-0.05, 0) is 41.0 Å². The zero-order valence-electron chi connectivity index (χ0n) is 11.4. The summed E-state index contributed by atoms with van der Waals surface area (Å²) < 4.78 is 0. The molecule has 2 aromatic rings. The van der Waals surface area contributed by atoms with Crippen LogP contribution in [0, 0.1) is 11.8 Å². The molecule has 0 aliphatic heterocycles. The minimum atomic E-state index is 0.731. The molecule has 0 saturated carbocycles. The highest BCUT2D eigenvalue weighted by Gasteiger charge is 2.08. The van der Waals surface area contributed by atoms with Crippen LogP contribution in [-0.2, 0) is 6.42 Å². The van der Waals surface area contributed by atoms with E-state index in [1.165, 1.54) is 16.7 Å². The lowest BCUT2D eigenvalue weighted by Crippen LogP contribution is -2.07. The topological polar surface area (TPSA) is 12.9 Å². The second-order valence-electron chi connectivity index (χ2n) is 5.36. The van der Waals surface area contributed by atoms with Gasteiger partial charge in [-0.3, -0.25) is 4.98 Å². The van der Waals surface area contributed by atoms with Crippen molar-refractivity contribution < 1.29 is 0 Å². The molecule has 0 fully saturated rings. The van der Waals surface area contributed by atoms with Gasteiger partial charge in [0.1, 0.15) is 0 Å². The predicted molar refractivity (Wildman–Crippen MR) is 77.4 cm³/mol. The Labute approximate surface area is 110 Å². The molecule has 1 atom stereocenters. The Bertz CT molecular complexity index is 471. The third-order valence-electron chi connectivity index (χ3n) is 3.64. The molecule has 2 rings (SSSR count). The first-order valence-electron chi connectivity index (χ1n) is 6.66. The van der Waals surface area contributed by atoms with Gasteiger partial charge < -0.3 is 0 Å². The Kier molecular flexibility index (Phi) is 4.14. The molecule has 0 amide bonds. The van der Waals surface area contributed by atoms with E-state index in [2.05, 4.69) is 56.1 Å². The van der Waals surface area contributed by atoms with Crippen LogP contribution in [0.15, 0.2) is 48.8 Å². The summed E-state index contributed by atoms with van der Waals surface area (Å²) in [7, 11) is 0. The molecule has 0 N–H and O–H groups in total. The summed E-state index contributed by atoms with van der Waals surface area (Å²) in [5.74, 6) is 1.47. The van der Waals surface area contributed by atoms with E-state index >= 15 is 0 Å². The van der Waals surface area contributed by atoms with Crippen molar-refractivity contribution >= 4 is 0 Å². The molecule has 1 heteroatoms. The van der Waals surface area contributed by atoms with Gasteiger partial charge >= 0.3 is 0 Å². The van der Waals surface area contributed by atoms with Crippen LogP contribution in [-0.4, -0.2) is 4.98 Å². The molecule has 1 unspecified atom stereocenters. The van der Waals surface area contributed by atoms with Crippen LogP contribution >= 0.6 is 0 Å². The zero-order valence-corrected chi connectivity index (χ0v) is 11.4. The summed E-state index contributed by atoms with van der Waals surface area (Å²) in [6.45, 7) is 6.89. The molecule has 1 heterocycles. The Morgan fingerprint density at radius 2 is 1.67 bits per heavy atom. The van der Waals surface area contributed by atoms with Crippen LogP contribution in [0.5, 0.6) is 0 Å². The molecule has 94 valence electrons. The number of hydrogen-bond acceptors (Lipinski definition) is 1. The number of hydrogen-bond donors (Lipinski definition) is 0. The highest BCUT2D eigenvalue weighted by atomic mass is 14.6. The minimum absolute atomic E-state index is 0.731. The van der Waals surface area contributed by atoms with Crippen molar-refractivity contribution in [2.45, 2.75) is 27.2 Å². The first-order valence-corrected chi connectivity index (χ1v) is 6.66. The van der Waals surface area contributed by atoms with Gasteiger partial charge in [0, 0.05) is 12.4 Å². The van der Waals surface area contributed by atoms with Crippen LogP contribution < -0.4 is 0 Å². The van der Waals surface area contributed by atoms with E-state index in [1.807, 2.05) is 18.5 Å². The summed E-state index contributed by atoms with van der Waals surface area (Å²) in [6.07, 6.45) is 4.87. The molecule has 1 nitrogen and oxygen atoms in total. The maximum Gasteiger partial charge on any atom is 0.0346 e. The standard InChI is InChI=1S/C17H21N/c1-13(2)14(3)11-15-6-8-16(9-7-15)17-5-4-10-18-12-17/h4-10,12-14H,11H2,1-3H3. The second kappa shape index (κ2) is 5.81. The molecule has 0 radical (unpaired) electrons. The molecule has 0 spiro atoms. The smallest absolute Gasteiger partial charge is 0.0346 e. The average Bonchev–Trinajstić information content (AvgIpc) is 2.40. The van der Waals surface area contributed by atoms with Crippen LogP contribution in [0.1, 0.15) is 26.3 Å². The van der Waals surface area contributed by atoms with Gasteiger partial charge in [0.15, 0.2) is 0 Å². The summed E-state index contributed by atoms with van der Waals surface area (Å²) in [5, 5.41) is 0. The maximum atomic E-state index is 4.16. The van der Waals surface area contributed by atoms with Crippen LogP contribution in [0.4, 0.5) is 0 Å². The highest BCUT2D eigenvalue weighted by Crippen LogP contribution is 2.21. The molecule has 1 aromatic heterocycles. The fourth-order valence-corrected chi connectivity index (χ4v) is 1.97. The van der Waals surface area contributed by atoms with Gasteiger partial charge in [0.2, 0.25) is 0 Å². The minimum Gasteiger partial charge on any atom is -0.264 e. The first-order chi connectivity index (χ1) is 8.66. The van der Waals surface area contributed by atoms with Gasteiger partial charge in [-0.1, -0.05) is 51.1 Å². The predicted octanol–water partition coefficient (Wildman–Crippen LogP) is 4.58. The van der Waals surface area contributed by atoms with E-state index in [9.17, 15) is 0 Å². The molecule has 0 saturated heterocycles. The molecular weight excluding hydrogens is 218 g/mol. The van der Waals surface area contributed by atoms with Crippen LogP contribution in [0.25, 0.3) is 11.1 Å². The molecule has 1 aromatic carbocycles. The third kappa shape index (κ3) is 3.19. The second-order valence-corrected chi connectivity index (χ2v) is 5.36. The van der Waals surface area contributed by atoms with Crippen LogP contribution in [0.2, 0.25) is 0 Å². The zero-order chi connectivity index (χ0) is 13.0. The van der Waals surface area contributed by atoms with Gasteiger partial charge in [0.05, 0.1) is 0 Å². The monoisotopic (exact) mass is 239 g/mol. The van der Waals surface area contributed by atoms with Gasteiger partial charge in [-0.25, -0.2) is 0 Å². The van der Waals surface area contributed by atoms with Crippen molar-refractivity contribution in [3.63, 3.8) is 0 Å². The summed E-state index contributed by atoms with van der Waals surface area (Å²) >= 11 is 0. The van der Waals surface area contributed by atoms with Crippen molar-refractivity contribution in [3.8, 4) is 11.1 Å². The van der Waals surface area contributed by atoms with Gasteiger partial charge in [-0.15, -0.1) is 0 Å². The normalized spacial score (nSPS) is 12.7. The molecule has 0 aliphatic rings. The Morgan fingerprint density at radius 1 is 0.944 bits per heavy atom. The lowest BCUT2D eigenvalue weighted by atomic mass is 9.90. The Morgan fingerprint density at radius 3 is 2.22 bits per heavy atom.